The van der Waals surface area contributed by atoms with Crippen LogP contribution < -0.4 is 4.74 Å². The normalized spacial score (nSPS) is 27.1. The maximum Gasteiger partial charge on any atom is 0.203 e. The van der Waals surface area contributed by atoms with Gasteiger partial charge >= 0.3 is 0 Å². The molecule has 7 rings (SSSR count). The van der Waals surface area contributed by atoms with Gasteiger partial charge in [0.15, 0.2) is 21.3 Å². The van der Waals surface area contributed by atoms with Gasteiger partial charge in [0, 0.05) is 19.3 Å². The lowest BCUT2D eigenvalue weighted by Gasteiger charge is -2.65. The van der Waals surface area contributed by atoms with Crippen LogP contribution in [0.5, 0.6) is 11.5 Å². The highest BCUT2D eigenvalue weighted by Gasteiger charge is 2.83. The Bertz CT molecular complexity index is 1180. The summed E-state index contributed by atoms with van der Waals surface area (Å²) >= 11 is 0. The second-order valence-electron chi connectivity index (χ2n) is 8.51. The van der Waals surface area contributed by atoms with Crippen molar-refractivity contribution < 1.29 is 13.2 Å². The third-order valence-corrected chi connectivity index (χ3v) is 11.9. The molecule has 29 heavy (non-hydrogen) atoms. The van der Waals surface area contributed by atoms with Crippen molar-refractivity contribution in [1.82, 2.24) is 0 Å². The Balaban J connectivity index is 1.38. The number of para-hydroxylation sites is 2. The molecule has 3 aromatic carbocycles. The highest BCUT2D eigenvalue weighted by atomic mass is 32.2. The van der Waals surface area contributed by atoms with E-state index >= 15 is 0 Å². The van der Waals surface area contributed by atoms with Crippen molar-refractivity contribution in [2.24, 2.45) is 0 Å². The first-order chi connectivity index (χ1) is 13.9. The molecule has 0 atom stereocenters. The van der Waals surface area contributed by atoms with Crippen LogP contribution in [0.2, 0.25) is 0 Å². The Morgan fingerprint density at radius 3 is 1.86 bits per heavy atom. The molecule has 0 unspecified atom stereocenters. The molecule has 146 valence electrons. The highest BCUT2D eigenvalue weighted by molar-refractivity contribution is 7.99. The number of sulfone groups is 1. The van der Waals surface area contributed by atoms with Gasteiger partial charge in [0.1, 0.15) is 4.75 Å². The summed E-state index contributed by atoms with van der Waals surface area (Å²) in [6, 6.07) is 23.8. The van der Waals surface area contributed by atoms with Gasteiger partial charge in [-0.1, -0.05) is 42.0 Å². The van der Waals surface area contributed by atoms with Crippen LogP contribution >= 0.6 is 0 Å². The van der Waals surface area contributed by atoms with Crippen molar-refractivity contribution in [3.63, 3.8) is 0 Å². The third-order valence-electron chi connectivity index (χ3n) is 6.63. The summed E-state index contributed by atoms with van der Waals surface area (Å²) in [5, 5.41) is 0. The number of hydrogen-bond acceptors (Lipinski definition) is 3. The molecule has 5 heteroatoms. The molecule has 3 fully saturated rings. The SMILES string of the molecule is Cc1ccc(S(=O)(=O)C23CC([S+]4c5ccccc5Oc5ccccc54)(C2)C3)cc1. The average molecular weight is 422 g/mol. The second-order valence-corrected chi connectivity index (χ2v) is 13.2. The van der Waals surface area contributed by atoms with Gasteiger partial charge in [-0.15, -0.1) is 0 Å². The van der Waals surface area contributed by atoms with Crippen LogP contribution in [0, 0.1) is 6.92 Å². The third kappa shape index (κ3) is 2.23. The largest absolute Gasteiger partial charge is 0.447 e. The summed E-state index contributed by atoms with van der Waals surface area (Å²) in [4.78, 5) is 2.90. The molecule has 0 amide bonds. The number of hydrogen-bond donors (Lipinski definition) is 0. The summed E-state index contributed by atoms with van der Waals surface area (Å²) < 4.78 is 32.4. The maximum atomic E-state index is 13.4. The zero-order chi connectivity index (χ0) is 19.9. The molecule has 3 aliphatic carbocycles. The van der Waals surface area contributed by atoms with E-state index in [0.717, 1.165) is 36.3 Å². The molecule has 4 aliphatic rings. The lowest BCUT2D eigenvalue weighted by Crippen LogP contribution is -2.77. The van der Waals surface area contributed by atoms with Gasteiger partial charge in [-0.3, -0.25) is 0 Å². The van der Waals surface area contributed by atoms with Crippen LogP contribution in [-0.2, 0) is 20.7 Å². The summed E-state index contributed by atoms with van der Waals surface area (Å²) in [6.07, 6.45) is 2.21. The Labute approximate surface area is 174 Å². The second kappa shape index (κ2) is 5.67. The molecular weight excluding hydrogens is 400 g/mol. The molecule has 1 heterocycles. The highest BCUT2D eigenvalue weighted by Crippen LogP contribution is 2.73. The van der Waals surface area contributed by atoms with Crippen molar-refractivity contribution in [1.29, 1.82) is 0 Å². The molecule has 0 spiro atoms. The Morgan fingerprint density at radius 2 is 1.31 bits per heavy atom. The fourth-order valence-electron chi connectivity index (χ4n) is 5.18. The van der Waals surface area contributed by atoms with Crippen molar-refractivity contribution >= 4 is 20.7 Å². The number of rotatable bonds is 3. The predicted molar refractivity (Wildman–Crippen MR) is 115 cm³/mol. The van der Waals surface area contributed by atoms with E-state index in [2.05, 4.69) is 24.3 Å². The standard InChI is InChI=1S/C24H21O3S2/c1-17-10-12-18(13-11-17)29(25,26)24-14-23(15-24,16-24)28-21-8-4-2-6-19(21)27-20-7-3-5-9-22(20)28/h2-13H,14-16H2,1H3/q+1. The maximum absolute atomic E-state index is 13.4. The zero-order valence-electron chi connectivity index (χ0n) is 16.1. The van der Waals surface area contributed by atoms with Gasteiger partial charge in [-0.05, 0) is 43.3 Å². The van der Waals surface area contributed by atoms with Gasteiger partial charge < -0.3 is 4.74 Å². The first kappa shape index (κ1) is 17.6. The number of ether oxygens (including phenoxy) is 1. The smallest absolute Gasteiger partial charge is 0.203 e. The van der Waals surface area contributed by atoms with Crippen molar-refractivity contribution in [3.05, 3.63) is 78.4 Å². The van der Waals surface area contributed by atoms with E-state index < -0.39 is 14.6 Å². The molecule has 3 aromatic rings. The topological polar surface area (TPSA) is 43.4 Å². The minimum atomic E-state index is -3.31. The molecule has 2 bridgehead atoms. The van der Waals surface area contributed by atoms with E-state index in [0.29, 0.717) is 4.90 Å². The van der Waals surface area contributed by atoms with Crippen LogP contribution in [0.4, 0.5) is 0 Å². The van der Waals surface area contributed by atoms with Gasteiger partial charge in [0.25, 0.3) is 0 Å². The van der Waals surface area contributed by atoms with Gasteiger partial charge in [0.05, 0.1) is 20.5 Å². The van der Waals surface area contributed by atoms with Crippen molar-refractivity contribution in [2.75, 3.05) is 0 Å². The monoisotopic (exact) mass is 421 g/mol. The van der Waals surface area contributed by atoms with E-state index in [1.807, 2.05) is 43.3 Å². The minimum absolute atomic E-state index is 0.0355. The molecule has 0 radical (unpaired) electrons. The fraction of sp³-hybridized carbons (Fsp3) is 0.250. The number of fused-ring (bicyclic) bond motifs is 2. The van der Waals surface area contributed by atoms with Crippen molar-refractivity contribution in [2.45, 2.75) is 50.4 Å². The lowest BCUT2D eigenvalue weighted by molar-refractivity contribution is 0.0826. The predicted octanol–water partition coefficient (Wildman–Crippen LogP) is 5.29. The first-order valence-corrected chi connectivity index (χ1v) is 12.6. The summed E-state index contributed by atoms with van der Waals surface area (Å²) in [6.45, 7) is 1.98. The van der Waals surface area contributed by atoms with E-state index in [1.54, 1.807) is 12.1 Å². The molecule has 0 saturated heterocycles. The Kier molecular flexibility index (Phi) is 3.44. The number of benzene rings is 3. The van der Waals surface area contributed by atoms with Crippen LogP contribution in [0.25, 0.3) is 0 Å². The van der Waals surface area contributed by atoms with Crippen LogP contribution in [0.15, 0.2) is 87.5 Å². The zero-order valence-corrected chi connectivity index (χ0v) is 17.7. The molecule has 3 saturated carbocycles. The Morgan fingerprint density at radius 1 is 0.793 bits per heavy atom. The van der Waals surface area contributed by atoms with Crippen LogP contribution in [-0.4, -0.2) is 17.9 Å². The first-order valence-electron chi connectivity index (χ1n) is 9.86. The minimum Gasteiger partial charge on any atom is -0.447 e. The van der Waals surface area contributed by atoms with Gasteiger partial charge in [0.2, 0.25) is 9.79 Å². The van der Waals surface area contributed by atoms with E-state index in [4.69, 9.17) is 4.74 Å². The lowest BCUT2D eigenvalue weighted by atomic mass is 9.54. The van der Waals surface area contributed by atoms with Gasteiger partial charge in [-0.2, -0.15) is 0 Å². The molecular formula is C24H21O3S2+. The van der Waals surface area contributed by atoms with Gasteiger partial charge in [-0.25, -0.2) is 8.42 Å². The quantitative estimate of drug-likeness (QED) is 0.540. The Hall–Kier alpha value is -2.24. The van der Waals surface area contributed by atoms with Crippen LogP contribution in [0.1, 0.15) is 24.8 Å². The molecule has 1 aliphatic heterocycles. The average Bonchev–Trinajstić information content (AvgIpc) is 2.65. The molecule has 3 nitrogen and oxygen atoms in total. The van der Waals surface area contributed by atoms with E-state index in [-0.39, 0.29) is 15.6 Å². The number of aryl methyl sites for hydroxylation is 1. The molecule has 0 aromatic heterocycles. The summed E-state index contributed by atoms with van der Waals surface area (Å²) in [5.74, 6) is 1.82. The fourth-order valence-corrected chi connectivity index (χ4v) is 11.3. The van der Waals surface area contributed by atoms with Crippen molar-refractivity contribution in [3.8, 4) is 11.5 Å². The van der Waals surface area contributed by atoms with E-state index in [9.17, 15) is 8.42 Å². The summed E-state index contributed by atoms with van der Waals surface area (Å²) in [7, 11) is -3.47. The summed E-state index contributed by atoms with van der Waals surface area (Å²) in [5.41, 5.74) is 1.08. The van der Waals surface area contributed by atoms with E-state index in [1.165, 1.54) is 9.79 Å². The molecule has 0 N–H and O–H groups in total. The van der Waals surface area contributed by atoms with Crippen LogP contribution in [0.3, 0.4) is 0 Å².